The molecule has 4 unspecified atom stereocenters. The first kappa shape index (κ1) is 11.7. The molecule has 3 heterocycles. The van der Waals surface area contributed by atoms with Crippen molar-refractivity contribution in [3.8, 4) is 0 Å². The van der Waals surface area contributed by atoms with E-state index in [1.165, 1.54) is 51.7 Å². The average Bonchev–Trinajstić information content (AvgIpc) is 2.91. The number of nitrogens with one attached hydrogen (secondary N) is 1. The Balaban J connectivity index is 1.47. The molecule has 0 bridgehead atoms. The Morgan fingerprint density at radius 2 is 2.17 bits per heavy atom. The third kappa shape index (κ3) is 1.67. The van der Waals surface area contributed by atoms with Crippen LogP contribution in [0.3, 0.4) is 0 Å². The quantitative estimate of drug-likeness (QED) is 0.765. The van der Waals surface area contributed by atoms with Crippen LogP contribution in [0.5, 0.6) is 0 Å². The normalized spacial score (nSPS) is 47.2. The summed E-state index contributed by atoms with van der Waals surface area (Å²) in [4.78, 5) is 2.83. The first-order valence-electron chi connectivity index (χ1n) is 7.88. The fraction of sp³-hybridized carbons (Fsp3) is 1.00. The van der Waals surface area contributed by atoms with E-state index in [0.29, 0.717) is 5.60 Å². The van der Waals surface area contributed by atoms with Gasteiger partial charge in [-0.15, -0.1) is 0 Å². The van der Waals surface area contributed by atoms with Crippen molar-refractivity contribution in [3.05, 3.63) is 0 Å². The van der Waals surface area contributed by atoms with Gasteiger partial charge >= 0.3 is 0 Å². The average molecular weight is 250 g/mol. The zero-order chi connectivity index (χ0) is 12.2. The molecule has 0 aromatic carbocycles. The molecule has 1 aliphatic carbocycles. The van der Waals surface area contributed by atoms with Gasteiger partial charge in [0.1, 0.15) is 0 Å². The zero-order valence-corrected chi connectivity index (χ0v) is 11.5. The minimum absolute atomic E-state index is 0.304. The second-order valence-electron chi connectivity index (χ2n) is 7.05. The predicted molar refractivity (Wildman–Crippen MR) is 71.6 cm³/mol. The fourth-order valence-corrected chi connectivity index (χ4v) is 4.89. The molecule has 1 N–H and O–H groups in total. The van der Waals surface area contributed by atoms with Gasteiger partial charge in [-0.2, -0.15) is 0 Å². The lowest BCUT2D eigenvalue weighted by Gasteiger charge is -2.50. The third-order valence-electron chi connectivity index (χ3n) is 6.18. The molecule has 0 amide bonds. The summed E-state index contributed by atoms with van der Waals surface area (Å²) in [5.41, 5.74) is 0.304. The topological polar surface area (TPSA) is 24.5 Å². The molecule has 1 spiro atoms. The molecule has 0 radical (unpaired) electrons. The molecule has 3 saturated heterocycles. The Morgan fingerprint density at radius 3 is 2.89 bits per heavy atom. The van der Waals surface area contributed by atoms with Crippen LogP contribution in [0.2, 0.25) is 0 Å². The highest BCUT2D eigenvalue weighted by Gasteiger charge is 2.49. The van der Waals surface area contributed by atoms with Crippen molar-refractivity contribution in [1.82, 2.24) is 10.2 Å². The van der Waals surface area contributed by atoms with Crippen molar-refractivity contribution in [3.63, 3.8) is 0 Å². The molecule has 102 valence electrons. The Morgan fingerprint density at radius 1 is 1.28 bits per heavy atom. The van der Waals surface area contributed by atoms with Gasteiger partial charge in [-0.25, -0.2) is 0 Å². The number of ether oxygens (including phenoxy) is 1. The van der Waals surface area contributed by atoms with Gasteiger partial charge in [0.2, 0.25) is 0 Å². The maximum atomic E-state index is 6.08. The van der Waals surface area contributed by atoms with E-state index in [9.17, 15) is 0 Å². The Bertz CT molecular complexity index is 328. The second-order valence-corrected chi connectivity index (χ2v) is 7.05. The lowest BCUT2D eigenvalue weighted by atomic mass is 9.73. The molecule has 4 rings (SSSR count). The van der Waals surface area contributed by atoms with Gasteiger partial charge in [-0.1, -0.05) is 0 Å². The largest absolute Gasteiger partial charge is 0.375 e. The van der Waals surface area contributed by atoms with Gasteiger partial charge in [0, 0.05) is 25.2 Å². The van der Waals surface area contributed by atoms with Gasteiger partial charge in [-0.3, -0.25) is 4.90 Å². The summed E-state index contributed by atoms with van der Waals surface area (Å²) < 4.78 is 6.08. The van der Waals surface area contributed by atoms with Gasteiger partial charge in [0.05, 0.1) is 5.60 Å². The smallest absolute Gasteiger partial charge is 0.0697 e. The number of rotatable bonds is 1. The van der Waals surface area contributed by atoms with Gasteiger partial charge < -0.3 is 10.1 Å². The lowest BCUT2D eigenvalue weighted by Crippen LogP contribution is -2.53. The number of hydrogen-bond acceptors (Lipinski definition) is 3. The monoisotopic (exact) mass is 250 g/mol. The molecular weight excluding hydrogens is 224 g/mol. The van der Waals surface area contributed by atoms with Crippen molar-refractivity contribution in [2.24, 2.45) is 11.8 Å². The van der Waals surface area contributed by atoms with Crippen molar-refractivity contribution < 1.29 is 4.74 Å². The van der Waals surface area contributed by atoms with Gasteiger partial charge in [-0.05, 0) is 64.0 Å². The molecular formula is C15H26N2O. The summed E-state index contributed by atoms with van der Waals surface area (Å²) >= 11 is 0. The van der Waals surface area contributed by atoms with Crippen LogP contribution in [0.4, 0.5) is 0 Å². The molecule has 4 fully saturated rings. The van der Waals surface area contributed by atoms with Crippen LogP contribution < -0.4 is 5.32 Å². The summed E-state index contributed by atoms with van der Waals surface area (Å²) in [7, 11) is 0. The summed E-state index contributed by atoms with van der Waals surface area (Å²) in [5.74, 6) is 1.82. The van der Waals surface area contributed by atoms with Crippen molar-refractivity contribution in [2.45, 2.75) is 56.7 Å². The SMILES string of the molecule is CC1C2CNCC2CN1C1CCOC2(CCC2)C1. The lowest BCUT2D eigenvalue weighted by molar-refractivity contribution is -0.149. The van der Waals surface area contributed by atoms with Crippen LogP contribution >= 0.6 is 0 Å². The van der Waals surface area contributed by atoms with Crippen LogP contribution in [0, 0.1) is 11.8 Å². The summed E-state index contributed by atoms with van der Waals surface area (Å²) in [6.45, 7) is 7.29. The first-order valence-corrected chi connectivity index (χ1v) is 7.88. The number of likely N-dealkylation sites (tertiary alicyclic amines) is 1. The van der Waals surface area contributed by atoms with Crippen LogP contribution in [0.25, 0.3) is 0 Å². The maximum absolute atomic E-state index is 6.08. The molecule has 3 heteroatoms. The Labute approximate surface area is 110 Å². The molecule has 0 aromatic rings. The first-order chi connectivity index (χ1) is 8.77. The zero-order valence-electron chi connectivity index (χ0n) is 11.5. The third-order valence-corrected chi connectivity index (χ3v) is 6.18. The van der Waals surface area contributed by atoms with E-state index in [1.807, 2.05) is 0 Å². The number of hydrogen-bond donors (Lipinski definition) is 1. The Kier molecular flexibility index (Phi) is 2.72. The van der Waals surface area contributed by atoms with Gasteiger partial charge in [0.15, 0.2) is 0 Å². The summed E-state index contributed by atoms with van der Waals surface area (Å²) in [5, 5.41) is 3.57. The van der Waals surface area contributed by atoms with Crippen molar-refractivity contribution >= 4 is 0 Å². The summed E-state index contributed by atoms with van der Waals surface area (Å²) in [6.07, 6.45) is 6.60. The highest BCUT2D eigenvalue weighted by Crippen LogP contribution is 2.45. The maximum Gasteiger partial charge on any atom is 0.0697 e. The molecule has 4 aliphatic rings. The predicted octanol–water partition coefficient (Wildman–Crippen LogP) is 1.63. The molecule has 3 aliphatic heterocycles. The van der Waals surface area contributed by atoms with E-state index in [0.717, 1.165) is 30.5 Å². The van der Waals surface area contributed by atoms with Crippen molar-refractivity contribution in [1.29, 1.82) is 0 Å². The van der Waals surface area contributed by atoms with E-state index >= 15 is 0 Å². The Hall–Kier alpha value is -0.120. The number of fused-ring (bicyclic) bond motifs is 1. The molecule has 0 aromatic heterocycles. The van der Waals surface area contributed by atoms with Crippen LogP contribution in [0.15, 0.2) is 0 Å². The van der Waals surface area contributed by atoms with Crippen LogP contribution in [-0.4, -0.2) is 48.8 Å². The number of nitrogens with zero attached hydrogens (tertiary/aromatic N) is 1. The van der Waals surface area contributed by atoms with E-state index in [4.69, 9.17) is 4.74 Å². The van der Waals surface area contributed by atoms with Crippen LogP contribution in [-0.2, 0) is 4.74 Å². The van der Waals surface area contributed by atoms with Crippen LogP contribution in [0.1, 0.15) is 39.0 Å². The van der Waals surface area contributed by atoms with E-state index < -0.39 is 0 Å². The molecule has 3 nitrogen and oxygen atoms in total. The highest BCUT2D eigenvalue weighted by molar-refractivity contribution is 5.03. The minimum Gasteiger partial charge on any atom is -0.375 e. The molecule has 4 atom stereocenters. The summed E-state index contributed by atoms with van der Waals surface area (Å²) in [6, 6.07) is 1.59. The van der Waals surface area contributed by atoms with E-state index in [-0.39, 0.29) is 0 Å². The molecule has 1 saturated carbocycles. The van der Waals surface area contributed by atoms with E-state index in [1.54, 1.807) is 0 Å². The fourth-order valence-electron chi connectivity index (χ4n) is 4.89. The molecule has 18 heavy (non-hydrogen) atoms. The highest BCUT2D eigenvalue weighted by atomic mass is 16.5. The van der Waals surface area contributed by atoms with Crippen molar-refractivity contribution in [2.75, 3.05) is 26.2 Å². The van der Waals surface area contributed by atoms with Gasteiger partial charge in [0.25, 0.3) is 0 Å². The minimum atomic E-state index is 0.304. The second kappa shape index (κ2) is 4.19. The standard InChI is InChI=1S/C15H26N2O/c1-11-14-9-16-8-12(14)10-17(11)13-3-6-18-15(7-13)4-2-5-15/h11-14,16H,2-10H2,1H3. The van der Waals surface area contributed by atoms with E-state index in [2.05, 4.69) is 17.1 Å².